The van der Waals surface area contributed by atoms with E-state index in [1.165, 1.54) is 38.5 Å². The predicted octanol–water partition coefficient (Wildman–Crippen LogP) is 5.65. The standard InChI is InChI=1S/C26H30Si/c1-3-12-22(13-4-1)27(24-16-8-9-17-24,23-14-5-2-6-15-23)26-20-19-21-11-7-10-18-25(21)26/h1-6,8-9,12-16,21,25-26H,7,10-11,17-20H2. The summed E-state index contributed by atoms with van der Waals surface area (Å²) in [7, 11) is -1.99. The van der Waals surface area contributed by atoms with E-state index in [2.05, 4.69) is 78.9 Å². The van der Waals surface area contributed by atoms with Crippen molar-refractivity contribution in [3.05, 3.63) is 84.1 Å². The summed E-state index contributed by atoms with van der Waals surface area (Å²) < 4.78 is 0. The van der Waals surface area contributed by atoms with Crippen molar-refractivity contribution in [2.45, 2.75) is 50.5 Å². The fourth-order valence-electron chi connectivity index (χ4n) is 6.62. The lowest BCUT2D eigenvalue weighted by molar-refractivity contribution is 0.275. The maximum atomic E-state index is 2.49. The SMILES string of the molecule is C1=CCC([Si](c2ccccc2)(c2ccccc2)C2CCC3CCCCC32)=C1. The van der Waals surface area contributed by atoms with E-state index in [1.54, 1.807) is 15.6 Å². The molecule has 0 nitrogen and oxygen atoms in total. The van der Waals surface area contributed by atoms with Crippen LogP contribution >= 0.6 is 0 Å². The van der Waals surface area contributed by atoms with Crippen molar-refractivity contribution in [2.24, 2.45) is 11.8 Å². The first-order valence-corrected chi connectivity index (χ1v) is 13.0. The van der Waals surface area contributed by atoms with Gasteiger partial charge < -0.3 is 0 Å². The molecule has 27 heavy (non-hydrogen) atoms. The molecular weight excluding hydrogens is 340 g/mol. The molecule has 5 rings (SSSR count). The van der Waals surface area contributed by atoms with E-state index in [-0.39, 0.29) is 0 Å². The van der Waals surface area contributed by atoms with Gasteiger partial charge in [0.15, 0.2) is 0 Å². The van der Waals surface area contributed by atoms with E-state index in [1.807, 2.05) is 0 Å². The molecule has 0 spiro atoms. The number of hydrogen-bond donors (Lipinski definition) is 0. The van der Waals surface area contributed by atoms with Gasteiger partial charge in [-0.2, -0.15) is 0 Å². The Hall–Kier alpha value is -1.86. The Morgan fingerprint density at radius 1 is 0.704 bits per heavy atom. The molecule has 3 aliphatic rings. The van der Waals surface area contributed by atoms with Crippen molar-refractivity contribution in [1.82, 2.24) is 0 Å². The van der Waals surface area contributed by atoms with Crippen LogP contribution < -0.4 is 10.4 Å². The van der Waals surface area contributed by atoms with Crippen LogP contribution in [0.2, 0.25) is 5.54 Å². The Labute approximate surface area is 165 Å². The first-order chi connectivity index (χ1) is 13.4. The summed E-state index contributed by atoms with van der Waals surface area (Å²) in [5, 5.41) is 5.03. The van der Waals surface area contributed by atoms with Crippen molar-refractivity contribution in [2.75, 3.05) is 0 Å². The van der Waals surface area contributed by atoms with Gasteiger partial charge in [-0.25, -0.2) is 0 Å². The van der Waals surface area contributed by atoms with Gasteiger partial charge in [0.05, 0.1) is 0 Å². The minimum Gasteiger partial charge on any atom is -0.0808 e. The molecule has 3 unspecified atom stereocenters. The van der Waals surface area contributed by atoms with Gasteiger partial charge in [-0.1, -0.05) is 123 Å². The van der Waals surface area contributed by atoms with Crippen molar-refractivity contribution >= 4 is 18.4 Å². The molecule has 1 heteroatoms. The molecule has 0 heterocycles. The Kier molecular flexibility index (Phi) is 4.65. The van der Waals surface area contributed by atoms with E-state index in [0.717, 1.165) is 23.8 Å². The van der Waals surface area contributed by atoms with Crippen LogP contribution in [0, 0.1) is 11.8 Å². The van der Waals surface area contributed by atoms with Crippen LogP contribution in [-0.4, -0.2) is 8.07 Å². The van der Waals surface area contributed by atoms with Gasteiger partial charge in [0.25, 0.3) is 0 Å². The average molecular weight is 371 g/mol. The van der Waals surface area contributed by atoms with E-state index in [9.17, 15) is 0 Å². The Balaban J connectivity index is 1.73. The lowest BCUT2D eigenvalue weighted by Crippen LogP contribution is -2.64. The topological polar surface area (TPSA) is 0 Å². The third kappa shape index (κ3) is 2.79. The average Bonchev–Trinajstić information content (AvgIpc) is 3.42. The zero-order valence-electron chi connectivity index (χ0n) is 16.2. The first-order valence-electron chi connectivity index (χ1n) is 10.9. The number of benzene rings is 2. The summed E-state index contributed by atoms with van der Waals surface area (Å²) in [5.41, 5.74) is 0.860. The second kappa shape index (κ2) is 7.28. The van der Waals surface area contributed by atoms with Crippen LogP contribution in [0.4, 0.5) is 0 Å². The molecule has 2 aromatic rings. The highest BCUT2D eigenvalue weighted by molar-refractivity contribution is 7.08. The fraction of sp³-hybridized carbons (Fsp3) is 0.385. The third-order valence-electron chi connectivity index (χ3n) is 7.63. The molecule has 0 bridgehead atoms. The van der Waals surface area contributed by atoms with Gasteiger partial charge in [-0.15, -0.1) is 0 Å². The summed E-state index contributed by atoms with van der Waals surface area (Å²) in [5.74, 6) is 1.92. The molecule has 0 radical (unpaired) electrons. The van der Waals surface area contributed by atoms with Crippen LogP contribution in [-0.2, 0) is 0 Å². The molecule has 3 atom stereocenters. The van der Waals surface area contributed by atoms with Gasteiger partial charge in [-0.3, -0.25) is 0 Å². The summed E-state index contributed by atoms with van der Waals surface area (Å²) in [6.07, 6.45) is 17.1. The number of fused-ring (bicyclic) bond motifs is 1. The fourth-order valence-corrected chi connectivity index (χ4v) is 12.9. The normalized spacial score (nSPS) is 27.4. The minimum atomic E-state index is -1.99. The highest BCUT2D eigenvalue weighted by atomic mass is 28.3. The molecular formula is C26H30Si. The van der Waals surface area contributed by atoms with Crippen molar-refractivity contribution < 1.29 is 0 Å². The molecule has 2 aromatic carbocycles. The van der Waals surface area contributed by atoms with Gasteiger partial charge in [0, 0.05) is 0 Å². The number of hydrogen-bond acceptors (Lipinski definition) is 0. The second-order valence-electron chi connectivity index (χ2n) is 8.76. The first kappa shape index (κ1) is 17.2. The van der Waals surface area contributed by atoms with Crippen LogP contribution in [0.25, 0.3) is 0 Å². The lowest BCUT2D eigenvalue weighted by atomic mass is 9.82. The highest BCUT2D eigenvalue weighted by Gasteiger charge is 2.54. The number of rotatable bonds is 4. The van der Waals surface area contributed by atoms with Crippen molar-refractivity contribution in [1.29, 1.82) is 0 Å². The van der Waals surface area contributed by atoms with E-state index in [4.69, 9.17) is 0 Å². The zero-order valence-corrected chi connectivity index (χ0v) is 17.2. The van der Waals surface area contributed by atoms with Crippen molar-refractivity contribution in [3.63, 3.8) is 0 Å². The summed E-state index contributed by atoms with van der Waals surface area (Å²) in [4.78, 5) is 0. The number of allylic oxidation sites excluding steroid dienone is 4. The van der Waals surface area contributed by atoms with Gasteiger partial charge >= 0.3 is 0 Å². The highest BCUT2D eigenvalue weighted by Crippen LogP contribution is 2.54. The van der Waals surface area contributed by atoms with Crippen LogP contribution in [0.1, 0.15) is 44.9 Å². The smallest absolute Gasteiger partial charge is 0.0808 e. The minimum absolute atomic E-state index is 0.860. The van der Waals surface area contributed by atoms with Crippen LogP contribution in [0.3, 0.4) is 0 Å². The molecule has 0 aromatic heterocycles. The molecule has 3 aliphatic carbocycles. The Morgan fingerprint density at radius 2 is 1.37 bits per heavy atom. The van der Waals surface area contributed by atoms with Gasteiger partial charge in [-0.05, 0) is 34.2 Å². The quantitative estimate of drug-likeness (QED) is 0.611. The Morgan fingerprint density at radius 3 is 2.00 bits per heavy atom. The van der Waals surface area contributed by atoms with E-state index >= 15 is 0 Å². The lowest BCUT2D eigenvalue weighted by Gasteiger charge is -2.44. The zero-order chi connectivity index (χ0) is 18.1. The molecule has 0 N–H and O–H groups in total. The maximum Gasteiger partial charge on any atom is 0.147 e. The van der Waals surface area contributed by atoms with Gasteiger partial charge in [0.2, 0.25) is 0 Å². The summed E-state index contributed by atoms with van der Waals surface area (Å²) in [6, 6.07) is 23.3. The van der Waals surface area contributed by atoms with Crippen LogP contribution in [0.15, 0.2) is 84.1 Å². The molecule has 138 valence electrons. The van der Waals surface area contributed by atoms with E-state index < -0.39 is 8.07 Å². The second-order valence-corrected chi connectivity index (χ2v) is 12.9. The monoisotopic (exact) mass is 370 g/mol. The summed E-state index contributed by atoms with van der Waals surface area (Å²) >= 11 is 0. The largest absolute Gasteiger partial charge is 0.147 e. The summed E-state index contributed by atoms with van der Waals surface area (Å²) in [6.45, 7) is 0. The molecule has 2 saturated carbocycles. The third-order valence-corrected chi connectivity index (χ3v) is 13.3. The maximum absolute atomic E-state index is 2.49. The molecule has 2 fully saturated rings. The van der Waals surface area contributed by atoms with E-state index in [0.29, 0.717) is 0 Å². The molecule has 0 amide bonds. The molecule has 0 aliphatic heterocycles. The predicted molar refractivity (Wildman–Crippen MR) is 118 cm³/mol. The van der Waals surface area contributed by atoms with Gasteiger partial charge in [0.1, 0.15) is 8.07 Å². The molecule has 0 saturated heterocycles. The van der Waals surface area contributed by atoms with Crippen molar-refractivity contribution in [3.8, 4) is 0 Å². The Bertz CT molecular complexity index is 794. The van der Waals surface area contributed by atoms with Crippen LogP contribution in [0.5, 0.6) is 0 Å².